The van der Waals surface area contributed by atoms with Gasteiger partial charge in [0.1, 0.15) is 17.4 Å². The second-order valence-electron chi connectivity index (χ2n) is 7.27. The van der Waals surface area contributed by atoms with Crippen LogP contribution in [0.5, 0.6) is 5.75 Å². The number of rotatable bonds is 7. The number of benzene rings is 2. The number of nitrogens with zero attached hydrogens (tertiary/aromatic N) is 3. The number of carbonyl (C=O) groups is 1. The number of thiazole rings is 1. The molecule has 0 radical (unpaired) electrons. The minimum atomic E-state index is -4.54. The predicted octanol–water partition coefficient (Wildman–Crippen LogP) is 5.66. The lowest BCUT2D eigenvalue weighted by molar-refractivity contribution is -0.137. The summed E-state index contributed by atoms with van der Waals surface area (Å²) >= 11 is 1.25. The number of halogens is 3. The van der Waals surface area contributed by atoms with E-state index in [-0.39, 0.29) is 24.5 Å². The van der Waals surface area contributed by atoms with E-state index in [4.69, 9.17) is 9.84 Å². The molecule has 0 aliphatic rings. The zero-order valence-electron chi connectivity index (χ0n) is 17.3. The Kier molecular flexibility index (Phi) is 6.19. The van der Waals surface area contributed by atoms with E-state index in [0.29, 0.717) is 16.3 Å². The summed E-state index contributed by atoms with van der Waals surface area (Å²) in [5, 5.41) is 13.4. The molecule has 6 nitrogen and oxygen atoms in total. The van der Waals surface area contributed by atoms with Crippen LogP contribution in [0.25, 0.3) is 10.6 Å². The van der Waals surface area contributed by atoms with E-state index in [1.54, 1.807) is 6.92 Å². The molecule has 0 saturated heterocycles. The Balaban J connectivity index is 1.63. The lowest BCUT2D eigenvalue weighted by atomic mass is 10.1. The molecule has 2 heterocycles. The normalized spacial score (nSPS) is 11.5. The van der Waals surface area contributed by atoms with Crippen LogP contribution in [-0.4, -0.2) is 25.8 Å². The van der Waals surface area contributed by atoms with Gasteiger partial charge in [-0.15, -0.1) is 11.3 Å². The second-order valence-corrected chi connectivity index (χ2v) is 8.47. The van der Waals surface area contributed by atoms with Gasteiger partial charge in [0, 0.05) is 16.6 Å². The van der Waals surface area contributed by atoms with Crippen molar-refractivity contribution in [1.29, 1.82) is 0 Å². The number of aromatic nitrogens is 3. The molecule has 2 aromatic carbocycles. The van der Waals surface area contributed by atoms with Crippen molar-refractivity contribution in [2.75, 3.05) is 0 Å². The van der Waals surface area contributed by atoms with E-state index >= 15 is 0 Å². The van der Waals surface area contributed by atoms with Gasteiger partial charge in [-0.05, 0) is 30.7 Å². The fourth-order valence-electron chi connectivity index (χ4n) is 3.12. The molecule has 0 aliphatic heterocycles. The Morgan fingerprint density at radius 3 is 2.61 bits per heavy atom. The van der Waals surface area contributed by atoms with Crippen molar-refractivity contribution in [3.05, 3.63) is 88.2 Å². The number of alkyl halides is 3. The van der Waals surface area contributed by atoms with Gasteiger partial charge in [0.05, 0.1) is 29.6 Å². The second kappa shape index (κ2) is 9.07. The van der Waals surface area contributed by atoms with E-state index in [9.17, 15) is 18.0 Å². The summed E-state index contributed by atoms with van der Waals surface area (Å²) in [6.45, 7) is 2.14. The molecule has 4 aromatic rings. The summed E-state index contributed by atoms with van der Waals surface area (Å²) < 4.78 is 47.7. The highest BCUT2D eigenvalue weighted by Crippen LogP contribution is 2.37. The van der Waals surface area contributed by atoms with Crippen molar-refractivity contribution < 1.29 is 27.8 Å². The monoisotopic (exact) mass is 473 g/mol. The van der Waals surface area contributed by atoms with Crippen LogP contribution >= 0.6 is 11.3 Å². The first-order valence-corrected chi connectivity index (χ1v) is 10.6. The third-order valence-electron chi connectivity index (χ3n) is 4.81. The van der Waals surface area contributed by atoms with Crippen molar-refractivity contribution in [2.45, 2.75) is 26.3 Å². The number of ether oxygens (including phenoxy) is 1. The van der Waals surface area contributed by atoms with Gasteiger partial charge in [-0.1, -0.05) is 30.3 Å². The highest BCUT2D eigenvalue weighted by Gasteiger charge is 2.32. The Labute approximate surface area is 190 Å². The highest BCUT2D eigenvalue weighted by atomic mass is 32.1. The van der Waals surface area contributed by atoms with Crippen molar-refractivity contribution >= 4 is 17.3 Å². The van der Waals surface area contributed by atoms with Gasteiger partial charge < -0.3 is 9.84 Å². The van der Waals surface area contributed by atoms with E-state index in [1.165, 1.54) is 34.5 Å². The number of hydrogen-bond donors (Lipinski definition) is 1. The Hall–Kier alpha value is -3.66. The number of hydrogen-bond acceptors (Lipinski definition) is 5. The molecule has 4 rings (SSSR count). The molecule has 0 bridgehead atoms. The van der Waals surface area contributed by atoms with Crippen LogP contribution < -0.4 is 4.74 Å². The summed E-state index contributed by atoms with van der Waals surface area (Å²) in [4.78, 5) is 16.3. The van der Waals surface area contributed by atoms with E-state index in [2.05, 4.69) is 10.1 Å². The molecule has 0 fully saturated rings. The Morgan fingerprint density at radius 1 is 1.18 bits per heavy atom. The van der Waals surface area contributed by atoms with Gasteiger partial charge in [-0.3, -0.25) is 4.68 Å². The molecule has 0 spiro atoms. The number of carboxylic acids is 1. The molecule has 1 N–H and O–H groups in total. The summed E-state index contributed by atoms with van der Waals surface area (Å²) in [6, 6.07) is 12.7. The van der Waals surface area contributed by atoms with Crippen molar-refractivity contribution in [3.8, 4) is 16.3 Å². The van der Waals surface area contributed by atoms with Gasteiger partial charge in [-0.2, -0.15) is 18.3 Å². The topological polar surface area (TPSA) is 77.2 Å². The fourth-order valence-corrected chi connectivity index (χ4v) is 4.03. The fraction of sp³-hybridized carbons (Fsp3) is 0.174. The molecule has 2 aromatic heterocycles. The van der Waals surface area contributed by atoms with Crippen LogP contribution in [0.15, 0.2) is 60.9 Å². The van der Waals surface area contributed by atoms with E-state index < -0.39 is 17.7 Å². The molecule has 0 amide bonds. The van der Waals surface area contributed by atoms with E-state index in [1.807, 2.05) is 30.3 Å². The third-order valence-corrected chi connectivity index (χ3v) is 5.88. The summed E-state index contributed by atoms with van der Waals surface area (Å²) in [5.74, 6) is -1.000. The Bertz CT molecular complexity index is 1280. The minimum absolute atomic E-state index is 0.0428. The maximum atomic E-state index is 13.5. The predicted molar refractivity (Wildman–Crippen MR) is 116 cm³/mol. The molecular formula is C23H18F3N3O3S. The van der Waals surface area contributed by atoms with Crippen LogP contribution in [0.1, 0.15) is 32.1 Å². The lowest BCUT2D eigenvalue weighted by Crippen LogP contribution is -2.06. The van der Waals surface area contributed by atoms with Crippen LogP contribution in [0.2, 0.25) is 0 Å². The smallest absolute Gasteiger partial charge is 0.416 e. The van der Waals surface area contributed by atoms with Crippen LogP contribution in [0.3, 0.4) is 0 Å². The average Bonchev–Trinajstić information content (AvgIpc) is 3.40. The summed E-state index contributed by atoms with van der Waals surface area (Å²) in [7, 11) is 0. The highest BCUT2D eigenvalue weighted by molar-refractivity contribution is 7.15. The zero-order chi connectivity index (χ0) is 23.6. The number of aromatic carboxylic acids is 1. The average molecular weight is 473 g/mol. The summed E-state index contributed by atoms with van der Waals surface area (Å²) in [6.07, 6.45) is -1.94. The molecule has 0 unspecified atom stereocenters. The first-order valence-electron chi connectivity index (χ1n) is 9.80. The molecule has 0 atom stereocenters. The molecule has 170 valence electrons. The summed E-state index contributed by atoms with van der Waals surface area (Å²) in [5.41, 5.74) is 0.943. The zero-order valence-corrected chi connectivity index (χ0v) is 18.2. The minimum Gasteiger partial charge on any atom is -0.489 e. The largest absolute Gasteiger partial charge is 0.489 e. The van der Waals surface area contributed by atoms with Crippen molar-refractivity contribution in [3.63, 3.8) is 0 Å². The first kappa shape index (κ1) is 22.5. The quantitative estimate of drug-likeness (QED) is 0.375. The van der Waals surface area contributed by atoms with Gasteiger partial charge >= 0.3 is 12.1 Å². The molecule has 10 heteroatoms. The van der Waals surface area contributed by atoms with Crippen molar-refractivity contribution in [1.82, 2.24) is 14.8 Å². The van der Waals surface area contributed by atoms with Gasteiger partial charge in [-0.25, -0.2) is 9.78 Å². The molecule has 33 heavy (non-hydrogen) atoms. The van der Waals surface area contributed by atoms with Crippen molar-refractivity contribution in [2.24, 2.45) is 0 Å². The number of aryl methyl sites for hydroxylation is 1. The standard InChI is InChI=1S/C23H18F3N3O3S/c1-14-20(12-29-11-17(10-27-29)22(30)31)28-21(33-14)16-7-18(23(24,25)26)9-19(8-16)32-13-15-5-3-2-4-6-15/h2-11H,12-13H2,1H3,(H,30,31). The lowest BCUT2D eigenvalue weighted by Gasteiger charge is -2.12. The molecular weight excluding hydrogens is 455 g/mol. The van der Waals surface area contributed by atoms with Crippen LogP contribution in [0.4, 0.5) is 13.2 Å². The maximum absolute atomic E-state index is 13.5. The SMILES string of the molecule is Cc1sc(-c2cc(OCc3ccccc3)cc(C(F)(F)F)c2)nc1Cn1cc(C(=O)O)cn1. The first-order chi connectivity index (χ1) is 15.7. The van der Waals surface area contributed by atoms with Gasteiger partial charge in [0.2, 0.25) is 0 Å². The Morgan fingerprint density at radius 2 is 1.94 bits per heavy atom. The van der Waals surface area contributed by atoms with Crippen LogP contribution in [-0.2, 0) is 19.3 Å². The van der Waals surface area contributed by atoms with Gasteiger partial charge in [0.15, 0.2) is 0 Å². The van der Waals surface area contributed by atoms with Crippen LogP contribution in [0, 0.1) is 6.92 Å². The molecule has 0 aliphatic carbocycles. The van der Waals surface area contributed by atoms with E-state index in [0.717, 1.165) is 22.6 Å². The van der Waals surface area contributed by atoms with Gasteiger partial charge in [0.25, 0.3) is 0 Å². The maximum Gasteiger partial charge on any atom is 0.416 e. The molecule has 0 saturated carbocycles. The third kappa shape index (κ3) is 5.40. The number of carboxylic acid groups (broad SMARTS) is 1.